The molecule has 0 spiro atoms. The SMILES string of the molecule is CN(CCCCSc1ccccc1)C(=O)OC(C)(C)C. The average molecular weight is 295 g/mol. The van der Waals surface area contributed by atoms with Crippen molar-refractivity contribution in [2.75, 3.05) is 19.3 Å². The van der Waals surface area contributed by atoms with Crippen LogP contribution < -0.4 is 0 Å². The number of carbonyl (C=O) groups is 1. The molecule has 0 saturated carbocycles. The van der Waals surface area contributed by atoms with Crippen molar-refractivity contribution in [1.29, 1.82) is 0 Å². The molecular weight excluding hydrogens is 270 g/mol. The number of unbranched alkanes of at least 4 members (excludes halogenated alkanes) is 1. The van der Waals surface area contributed by atoms with Crippen molar-refractivity contribution in [2.24, 2.45) is 0 Å². The highest BCUT2D eigenvalue weighted by Gasteiger charge is 2.18. The fourth-order valence-corrected chi connectivity index (χ4v) is 2.52. The van der Waals surface area contributed by atoms with Crippen molar-refractivity contribution in [3.05, 3.63) is 30.3 Å². The van der Waals surface area contributed by atoms with Crippen molar-refractivity contribution < 1.29 is 9.53 Å². The summed E-state index contributed by atoms with van der Waals surface area (Å²) in [7, 11) is 1.79. The van der Waals surface area contributed by atoms with Gasteiger partial charge in [0, 0.05) is 18.5 Å². The Labute approximate surface area is 126 Å². The first-order valence-electron chi connectivity index (χ1n) is 7.00. The Morgan fingerprint density at radius 2 is 1.85 bits per heavy atom. The van der Waals surface area contributed by atoms with Crippen molar-refractivity contribution in [1.82, 2.24) is 4.90 Å². The third-order valence-corrected chi connectivity index (χ3v) is 3.70. The van der Waals surface area contributed by atoms with E-state index in [2.05, 4.69) is 24.3 Å². The lowest BCUT2D eigenvalue weighted by Crippen LogP contribution is -2.34. The molecule has 0 fully saturated rings. The van der Waals surface area contributed by atoms with Crippen LogP contribution in [0.3, 0.4) is 0 Å². The summed E-state index contributed by atoms with van der Waals surface area (Å²) < 4.78 is 5.31. The van der Waals surface area contributed by atoms with Gasteiger partial charge in [0.25, 0.3) is 0 Å². The van der Waals surface area contributed by atoms with Crippen molar-refractivity contribution in [2.45, 2.75) is 44.1 Å². The first-order chi connectivity index (χ1) is 9.38. The zero-order valence-electron chi connectivity index (χ0n) is 12.9. The van der Waals surface area contributed by atoms with Crippen LogP contribution in [-0.4, -0.2) is 35.9 Å². The van der Waals surface area contributed by atoms with Crippen LogP contribution >= 0.6 is 11.8 Å². The van der Waals surface area contributed by atoms with Crippen LogP contribution in [0.1, 0.15) is 33.6 Å². The van der Waals surface area contributed by atoms with Crippen LogP contribution in [0.5, 0.6) is 0 Å². The van der Waals surface area contributed by atoms with E-state index in [0.717, 1.165) is 25.1 Å². The predicted molar refractivity (Wildman–Crippen MR) is 85.3 cm³/mol. The van der Waals surface area contributed by atoms with Gasteiger partial charge in [-0.25, -0.2) is 4.79 Å². The Morgan fingerprint density at radius 3 is 2.45 bits per heavy atom. The van der Waals surface area contributed by atoms with E-state index in [1.54, 1.807) is 11.9 Å². The molecule has 1 rings (SSSR count). The van der Waals surface area contributed by atoms with E-state index in [9.17, 15) is 4.79 Å². The van der Waals surface area contributed by atoms with Gasteiger partial charge in [-0.15, -0.1) is 11.8 Å². The third-order valence-electron chi connectivity index (χ3n) is 2.60. The lowest BCUT2D eigenvalue weighted by Gasteiger charge is -2.24. The fourth-order valence-electron chi connectivity index (χ4n) is 1.59. The van der Waals surface area contributed by atoms with Crippen LogP contribution in [0.4, 0.5) is 4.79 Å². The van der Waals surface area contributed by atoms with E-state index in [0.29, 0.717) is 0 Å². The summed E-state index contributed by atoms with van der Waals surface area (Å²) in [5.41, 5.74) is -0.422. The molecule has 3 nitrogen and oxygen atoms in total. The zero-order chi connectivity index (χ0) is 15.0. The molecule has 1 aromatic rings. The maximum absolute atomic E-state index is 11.7. The highest BCUT2D eigenvalue weighted by atomic mass is 32.2. The summed E-state index contributed by atoms with van der Waals surface area (Å²) in [5, 5.41) is 0. The minimum atomic E-state index is -0.422. The maximum atomic E-state index is 11.7. The second-order valence-electron chi connectivity index (χ2n) is 5.77. The van der Waals surface area contributed by atoms with E-state index >= 15 is 0 Å². The molecule has 1 amide bonds. The molecule has 112 valence electrons. The van der Waals surface area contributed by atoms with E-state index < -0.39 is 5.60 Å². The lowest BCUT2D eigenvalue weighted by molar-refractivity contribution is 0.0297. The Morgan fingerprint density at radius 1 is 1.20 bits per heavy atom. The third kappa shape index (κ3) is 7.43. The number of thioether (sulfide) groups is 1. The normalized spacial score (nSPS) is 11.2. The van der Waals surface area contributed by atoms with E-state index in [1.165, 1.54) is 4.90 Å². The van der Waals surface area contributed by atoms with E-state index in [-0.39, 0.29) is 6.09 Å². The van der Waals surface area contributed by atoms with Gasteiger partial charge in [0.05, 0.1) is 0 Å². The second-order valence-corrected chi connectivity index (χ2v) is 6.94. The van der Waals surface area contributed by atoms with Crippen molar-refractivity contribution in [3.8, 4) is 0 Å². The minimum Gasteiger partial charge on any atom is -0.444 e. The van der Waals surface area contributed by atoms with Gasteiger partial charge < -0.3 is 9.64 Å². The topological polar surface area (TPSA) is 29.5 Å². The van der Waals surface area contributed by atoms with Gasteiger partial charge in [-0.2, -0.15) is 0 Å². The van der Waals surface area contributed by atoms with Crippen LogP contribution in [-0.2, 0) is 4.74 Å². The molecule has 0 aliphatic carbocycles. The summed E-state index contributed by atoms with van der Waals surface area (Å²) in [4.78, 5) is 14.7. The van der Waals surface area contributed by atoms with Gasteiger partial charge in [0.2, 0.25) is 0 Å². The number of hydrogen-bond acceptors (Lipinski definition) is 3. The first-order valence-corrected chi connectivity index (χ1v) is 7.99. The Bertz CT molecular complexity index is 401. The van der Waals surface area contributed by atoms with Crippen LogP contribution in [0.25, 0.3) is 0 Å². The van der Waals surface area contributed by atoms with Gasteiger partial charge in [-0.3, -0.25) is 0 Å². The maximum Gasteiger partial charge on any atom is 0.410 e. The number of hydrogen-bond donors (Lipinski definition) is 0. The number of rotatable bonds is 6. The van der Waals surface area contributed by atoms with Gasteiger partial charge in [-0.05, 0) is 51.5 Å². The Kier molecular flexibility index (Phi) is 6.93. The molecule has 0 heterocycles. The molecule has 0 saturated heterocycles. The second kappa shape index (κ2) is 8.20. The number of benzene rings is 1. The molecule has 0 bridgehead atoms. The zero-order valence-corrected chi connectivity index (χ0v) is 13.7. The van der Waals surface area contributed by atoms with E-state index in [1.807, 2.05) is 38.6 Å². The average Bonchev–Trinajstić information content (AvgIpc) is 2.37. The number of nitrogens with zero attached hydrogens (tertiary/aromatic N) is 1. The number of amides is 1. The van der Waals surface area contributed by atoms with Gasteiger partial charge in [-0.1, -0.05) is 18.2 Å². The van der Waals surface area contributed by atoms with Gasteiger partial charge in [0.1, 0.15) is 5.60 Å². The summed E-state index contributed by atoms with van der Waals surface area (Å²) in [6.45, 7) is 6.39. The first kappa shape index (κ1) is 16.9. The molecule has 4 heteroatoms. The van der Waals surface area contributed by atoms with Crippen LogP contribution in [0.15, 0.2) is 35.2 Å². The highest BCUT2D eigenvalue weighted by Crippen LogP contribution is 2.18. The van der Waals surface area contributed by atoms with Crippen LogP contribution in [0.2, 0.25) is 0 Å². The Hall–Kier alpha value is -1.16. The summed E-state index contributed by atoms with van der Waals surface area (Å²) in [6, 6.07) is 10.4. The largest absolute Gasteiger partial charge is 0.444 e. The predicted octanol–water partition coefficient (Wildman–Crippen LogP) is 4.43. The van der Waals surface area contributed by atoms with Crippen molar-refractivity contribution >= 4 is 17.9 Å². The molecule has 1 aromatic carbocycles. The quantitative estimate of drug-likeness (QED) is 0.574. The highest BCUT2D eigenvalue weighted by molar-refractivity contribution is 7.99. The smallest absolute Gasteiger partial charge is 0.410 e. The van der Waals surface area contributed by atoms with E-state index in [4.69, 9.17) is 4.74 Å². The standard InChI is InChI=1S/C16H25NO2S/c1-16(2,3)19-15(18)17(4)12-8-9-13-20-14-10-6-5-7-11-14/h5-7,10-11H,8-9,12-13H2,1-4H3. The van der Waals surface area contributed by atoms with Crippen LogP contribution in [0, 0.1) is 0 Å². The lowest BCUT2D eigenvalue weighted by atomic mass is 10.2. The molecular formula is C16H25NO2S. The number of ether oxygens (including phenoxy) is 1. The Balaban J connectivity index is 2.13. The minimum absolute atomic E-state index is 0.242. The van der Waals surface area contributed by atoms with Crippen molar-refractivity contribution in [3.63, 3.8) is 0 Å². The monoisotopic (exact) mass is 295 g/mol. The summed E-state index contributed by atoms with van der Waals surface area (Å²) >= 11 is 1.86. The molecule has 20 heavy (non-hydrogen) atoms. The fraction of sp³-hybridized carbons (Fsp3) is 0.562. The van der Waals surface area contributed by atoms with Gasteiger partial charge in [0.15, 0.2) is 0 Å². The summed E-state index contributed by atoms with van der Waals surface area (Å²) in [5.74, 6) is 1.08. The molecule has 0 aliphatic heterocycles. The molecule has 0 atom stereocenters. The molecule has 0 N–H and O–H groups in total. The molecule has 0 aromatic heterocycles. The summed E-state index contributed by atoms with van der Waals surface area (Å²) in [6.07, 6.45) is 1.84. The molecule has 0 unspecified atom stereocenters. The molecule has 0 aliphatic rings. The molecule has 0 radical (unpaired) electrons. The number of carbonyl (C=O) groups excluding carboxylic acids is 1. The van der Waals surface area contributed by atoms with Gasteiger partial charge >= 0.3 is 6.09 Å².